The molecule has 2 amide bonds. The molecule has 2 saturated carbocycles. The number of thiazole rings is 1. The van der Waals surface area contributed by atoms with Crippen LogP contribution in [0.15, 0.2) is 23.8 Å². The van der Waals surface area contributed by atoms with E-state index in [0.29, 0.717) is 49.7 Å². The fourth-order valence-electron chi connectivity index (χ4n) is 5.72. The number of rotatable bonds is 10. The zero-order valence-electron chi connectivity index (χ0n) is 22.2. The predicted octanol–water partition coefficient (Wildman–Crippen LogP) is 4.20. The third kappa shape index (κ3) is 5.95. The van der Waals surface area contributed by atoms with Gasteiger partial charge in [0, 0.05) is 54.7 Å². The van der Waals surface area contributed by atoms with Crippen molar-refractivity contribution < 1.29 is 23.1 Å². The van der Waals surface area contributed by atoms with Crippen LogP contribution < -0.4 is 10.6 Å². The van der Waals surface area contributed by atoms with Crippen LogP contribution >= 0.6 is 11.3 Å². The van der Waals surface area contributed by atoms with Crippen molar-refractivity contribution in [2.75, 3.05) is 31.6 Å². The number of amides is 2. The van der Waals surface area contributed by atoms with E-state index in [0.717, 1.165) is 43.4 Å². The minimum absolute atomic E-state index is 0.0349. The maximum absolute atomic E-state index is 13.6. The van der Waals surface area contributed by atoms with Crippen molar-refractivity contribution in [2.45, 2.75) is 64.0 Å². The normalized spacial score (nSPS) is 19.4. The first kappa shape index (κ1) is 27.0. The summed E-state index contributed by atoms with van der Waals surface area (Å²) < 4.78 is 32.1. The summed E-state index contributed by atoms with van der Waals surface area (Å²) in [6.45, 7) is -1.40. The molecule has 0 unspecified atom stereocenters. The Morgan fingerprint density at radius 1 is 1.15 bits per heavy atom. The molecule has 1 aliphatic heterocycles. The molecule has 3 aliphatic rings. The number of hydrogen-bond acceptors (Lipinski definition) is 8. The molecular formula is C27H33F2N7O3S. The smallest absolute Gasteiger partial charge is 0.345 e. The number of nitrogens with zero attached hydrogens (tertiary/aromatic N) is 5. The summed E-state index contributed by atoms with van der Waals surface area (Å²) >= 11 is 1.50. The number of carbonyl (C=O) groups is 2. The molecule has 3 fully saturated rings. The van der Waals surface area contributed by atoms with E-state index in [2.05, 4.69) is 20.7 Å². The van der Waals surface area contributed by atoms with Crippen molar-refractivity contribution in [3.63, 3.8) is 0 Å². The van der Waals surface area contributed by atoms with Crippen LogP contribution in [0, 0.1) is 11.3 Å². The molecule has 10 nitrogen and oxygen atoms in total. The monoisotopic (exact) mass is 573 g/mol. The van der Waals surface area contributed by atoms with Crippen LogP contribution in [0.5, 0.6) is 0 Å². The average molecular weight is 574 g/mol. The Labute approximate surface area is 234 Å². The summed E-state index contributed by atoms with van der Waals surface area (Å²) in [4.78, 5) is 37.8. The van der Waals surface area contributed by atoms with E-state index < -0.39 is 12.0 Å². The molecule has 1 saturated heterocycles. The van der Waals surface area contributed by atoms with Gasteiger partial charge in [-0.3, -0.25) is 9.59 Å². The maximum atomic E-state index is 13.6. The molecule has 3 aromatic rings. The molecule has 2 aliphatic carbocycles. The first-order valence-electron chi connectivity index (χ1n) is 13.9. The van der Waals surface area contributed by atoms with Crippen molar-refractivity contribution >= 4 is 33.8 Å². The van der Waals surface area contributed by atoms with Gasteiger partial charge in [0.25, 0.3) is 5.91 Å². The molecule has 0 bridgehead atoms. The molecule has 0 spiro atoms. The summed E-state index contributed by atoms with van der Waals surface area (Å²) in [6.07, 6.45) is 10.3. The zero-order chi connectivity index (χ0) is 27.7. The van der Waals surface area contributed by atoms with E-state index in [-0.39, 0.29) is 36.1 Å². The number of halogens is 2. The molecule has 0 atom stereocenters. The zero-order valence-corrected chi connectivity index (χ0v) is 23.0. The van der Waals surface area contributed by atoms with Crippen LogP contribution in [0.2, 0.25) is 0 Å². The highest BCUT2D eigenvalue weighted by Gasteiger charge is 2.36. The number of anilines is 1. The quantitative estimate of drug-likeness (QED) is 0.374. The standard InChI is InChI=1S/C27H33F2N7O3S/c28-26(29)39-16-27(7-1-2-8-27)15-30-21-13-20(33-22(34-21)19-14-31-36-11-12-40-25(19)36)24(38)35-9-5-18(6-10-35)32-23(37)17-3-4-17/h11-14,17-18,26H,1-10,15-16H2,(H,32,37)(H,30,33,34). The van der Waals surface area contributed by atoms with Crippen LogP contribution in [0.1, 0.15) is 61.9 Å². The van der Waals surface area contributed by atoms with Gasteiger partial charge in [0.05, 0.1) is 18.4 Å². The van der Waals surface area contributed by atoms with Crippen LogP contribution in [-0.4, -0.2) is 75.2 Å². The van der Waals surface area contributed by atoms with Crippen molar-refractivity contribution in [3.05, 3.63) is 29.5 Å². The van der Waals surface area contributed by atoms with Gasteiger partial charge in [-0.1, -0.05) is 12.8 Å². The van der Waals surface area contributed by atoms with Gasteiger partial charge in [-0.05, 0) is 38.5 Å². The number of nitrogens with one attached hydrogen (secondary N) is 2. The van der Waals surface area contributed by atoms with Gasteiger partial charge in [-0.15, -0.1) is 11.3 Å². The van der Waals surface area contributed by atoms with Gasteiger partial charge in [-0.25, -0.2) is 14.5 Å². The molecule has 214 valence electrons. The number of hydrogen-bond donors (Lipinski definition) is 2. The van der Waals surface area contributed by atoms with E-state index in [1.54, 1.807) is 21.7 Å². The van der Waals surface area contributed by atoms with E-state index in [4.69, 9.17) is 9.72 Å². The van der Waals surface area contributed by atoms with Crippen LogP contribution in [0.25, 0.3) is 16.2 Å². The van der Waals surface area contributed by atoms with E-state index in [1.807, 2.05) is 11.6 Å². The number of aromatic nitrogens is 4. The van der Waals surface area contributed by atoms with Crippen molar-refractivity contribution in [1.82, 2.24) is 29.8 Å². The Morgan fingerprint density at radius 2 is 1.93 bits per heavy atom. The van der Waals surface area contributed by atoms with Crippen molar-refractivity contribution in [1.29, 1.82) is 0 Å². The summed E-state index contributed by atoms with van der Waals surface area (Å²) in [6, 6.07) is 1.71. The van der Waals surface area contributed by atoms with E-state index in [9.17, 15) is 18.4 Å². The molecule has 0 radical (unpaired) electrons. The molecule has 3 aromatic heterocycles. The van der Waals surface area contributed by atoms with Crippen molar-refractivity contribution in [3.8, 4) is 11.4 Å². The van der Waals surface area contributed by atoms with E-state index >= 15 is 0 Å². The Balaban J connectivity index is 1.21. The van der Waals surface area contributed by atoms with Crippen LogP contribution in [0.3, 0.4) is 0 Å². The van der Waals surface area contributed by atoms with Gasteiger partial charge in [0.15, 0.2) is 5.82 Å². The predicted molar refractivity (Wildman–Crippen MR) is 145 cm³/mol. The minimum atomic E-state index is -2.81. The first-order chi connectivity index (χ1) is 19.4. The fourth-order valence-corrected chi connectivity index (χ4v) is 6.51. The SMILES string of the molecule is O=C(NC1CCN(C(=O)c2cc(NCC3(COC(F)F)CCCC3)nc(-c3cnn4ccsc34)n2)CC1)C1CC1. The second kappa shape index (κ2) is 11.4. The van der Waals surface area contributed by atoms with Gasteiger partial charge < -0.3 is 20.3 Å². The molecule has 6 rings (SSSR count). The van der Waals surface area contributed by atoms with Gasteiger partial charge in [0.2, 0.25) is 5.91 Å². The Kier molecular flexibility index (Phi) is 7.67. The largest absolute Gasteiger partial charge is 0.369 e. The first-order valence-corrected chi connectivity index (χ1v) is 14.8. The number of ether oxygens (including phenoxy) is 1. The second-order valence-electron chi connectivity index (χ2n) is 11.2. The topological polar surface area (TPSA) is 114 Å². The number of likely N-dealkylation sites (tertiary alicyclic amines) is 1. The summed E-state index contributed by atoms with van der Waals surface area (Å²) in [5.41, 5.74) is 0.552. The number of carbonyl (C=O) groups excluding carboxylic acids is 2. The highest BCUT2D eigenvalue weighted by molar-refractivity contribution is 7.16. The maximum Gasteiger partial charge on any atom is 0.345 e. The lowest BCUT2D eigenvalue weighted by Crippen LogP contribution is -2.47. The lowest BCUT2D eigenvalue weighted by Gasteiger charge is -2.32. The number of fused-ring (bicyclic) bond motifs is 1. The molecule has 4 heterocycles. The van der Waals surface area contributed by atoms with Gasteiger partial charge >= 0.3 is 6.61 Å². The highest BCUT2D eigenvalue weighted by Crippen LogP contribution is 2.39. The lowest BCUT2D eigenvalue weighted by molar-refractivity contribution is -0.149. The Morgan fingerprint density at radius 3 is 2.65 bits per heavy atom. The molecule has 40 heavy (non-hydrogen) atoms. The minimum Gasteiger partial charge on any atom is -0.369 e. The number of piperidine rings is 1. The average Bonchev–Trinajstić information content (AvgIpc) is 3.33. The van der Waals surface area contributed by atoms with Gasteiger partial charge in [0.1, 0.15) is 16.3 Å². The van der Waals surface area contributed by atoms with Crippen LogP contribution in [-0.2, 0) is 9.53 Å². The highest BCUT2D eigenvalue weighted by atomic mass is 32.1. The fraction of sp³-hybridized carbons (Fsp3) is 0.593. The number of alkyl halides is 2. The lowest BCUT2D eigenvalue weighted by atomic mass is 9.87. The van der Waals surface area contributed by atoms with Crippen LogP contribution in [0.4, 0.5) is 14.6 Å². The summed E-state index contributed by atoms with van der Waals surface area (Å²) in [7, 11) is 0. The van der Waals surface area contributed by atoms with E-state index in [1.165, 1.54) is 11.3 Å². The second-order valence-corrected chi connectivity index (χ2v) is 12.0. The molecular weight excluding hydrogens is 540 g/mol. The molecule has 0 aromatic carbocycles. The summed E-state index contributed by atoms with van der Waals surface area (Å²) in [5, 5.41) is 12.7. The Bertz CT molecular complexity index is 1360. The third-order valence-electron chi connectivity index (χ3n) is 8.22. The Hall–Kier alpha value is -3.19. The third-order valence-corrected chi connectivity index (χ3v) is 9.11. The summed E-state index contributed by atoms with van der Waals surface area (Å²) in [5.74, 6) is 0.917. The molecule has 2 N–H and O–H groups in total. The molecule has 13 heteroatoms. The van der Waals surface area contributed by atoms with Gasteiger partial charge in [-0.2, -0.15) is 13.9 Å². The van der Waals surface area contributed by atoms with Crippen molar-refractivity contribution in [2.24, 2.45) is 11.3 Å².